The number of benzene rings is 6. The molecule has 3 aromatic heterocycles. The van der Waals surface area contributed by atoms with Gasteiger partial charge in [0.1, 0.15) is 5.58 Å². The largest absolute Gasteiger partial charge is 0.454 e. The molecule has 3 heterocycles. The van der Waals surface area contributed by atoms with Gasteiger partial charge in [0.15, 0.2) is 23.1 Å². The second kappa shape index (κ2) is 10.2. The maximum absolute atomic E-state index is 6.32. The fourth-order valence-corrected chi connectivity index (χ4v) is 6.11. The van der Waals surface area contributed by atoms with E-state index in [1.165, 1.54) is 5.39 Å². The van der Waals surface area contributed by atoms with Crippen LogP contribution in [0.3, 0.4) is 0 Å². The molecule has 9 rings (SSSR count). The Morgan fingerprint density at radius 3 is 1.76 bits per heavy atom. The van der Waals surface area contributed by atoms with E-state index in [4.69, 9.17) is 19.4 Å². The van der Waals surface area contributed by atoms with Crippen LogP contribution in [0.2, 0.25) is 0 Å². The van der Waals surface area contributed by atoms with Crippen LogP contribution in [0.1, 0.15) is 0 Å². The number of fused-ring (bicyclic) bond motifs is 5. The van der Waals surface area contributed by atoms with Gasteiger partial charge >= 0.3 is 0 Å². The highest BCUT2D eigenvalue weighted by atomic mass is 16.3. The fraction of sp³-hybridized carbons (Fsp3) is 0. The second-order valence-corrected chi connectivity index (χ2v) is 11.2. The third kappa shape index (κ3) is 4.41. The Labute approximate surface area is 258 Å². The number of hydrogen-bond acceptors (Lipinski definition) is 5. The van der Waals surface area contributed by atoms with Crippen molar-refractivity contribution in [3.63, 3.8) is 0 Å². The van der Waals surface area contributed by atoms with Gasteiger partial charge in [-0.05, 0) is 50.9 Å². The molecule has 0 saturated carbocycles. The SMILES string of the molecule is c1ccc(-c2ccc(-c3nc(-c4ccc5ccccc5c4)nc(-c4cncc5oc6cc7ccccc7cc6c45)n3)cc2)cc1. The van der Waals surface area contributed by atoms with Crippen LogP contribution in [-0.4, -0.2) is 19.9 Å². The summed E-state index contributed by atoms with van der Waals surface area (Å²) in [4.78, 5) is 19.7. The van der Waals surface area contributed by atoms with Gasteiger partial charge in [0.2, 0.25) is 0 Å². The smallest absolute Gasteiger partial charge is 0.166 e. The first-order valence-electron chi connectivity index (χ1n) is 14.9. The van der Waals surface area contributed by atoms with Crippen LogP contribution in [0.15, 0.2) is 150 Å². The predicted molar refractivity (Wildman–Crippen MR) is 182 cm³/mol. The van der Waals surface area contributed by atoms with Crippen molar-refractivity contribution in [3.05, 3.63) is 146 Å². The molecule has 0 spiro atoms. The van der Waals surface area contributed by atoms with Crippen LogP contribution < -0.4 is 0 Å². The molecule has 0 aliphatic heterocycles. The maximum atomic E-state index is 6.32. The molecule has 6 aromatic carbocycles. The minimum Gasteiger partial charge on any atom is -0.454 e. The van der Waals surface area contributed by atoms with E-state index in [1.807, 2.05) is 42.6 Å². The van der Waals surface area contributed by atoms with Crippen molar-refractivity contribution < 1.29 is 4.42 Å². The zero-order chi connectivity index (χ0) is 29.7. The third-order valence-corrected chi connectivity index (χ3v) is 8.38. The number of pyridine rings is 1. The summed E-state index contributed by atoms with van der Waals surface area (Å²) in [6.07, 6.45) is 3.59. The molecule has 0 amide bonds. The Balaban J connectivity index is 1.26. The first kappa shape index (κ1) is 25.3. The molecule has 5 nitrogen and oxygen atoms in total. The molecule has 9 aromatic rings. The van der Waals surface area contributed by atoms with E-state index in [-0.39, 0.29) is 0 Å². The summed E-state index contributed by atoms with van der Waals surface area (Å²) < 4.78 is 6.32. The summed E-state index contributed by atoms with van der Waals surface area (Å²) in [6.45, 7) is 0. The number of aromatic nitrogens is 4. The highest BCUT2D eigenvalue weighted by Gasteiger charge is 2.19. The molecule has 5 heteroatoms. The normalized spacial score (nSPS) is 11.6. The summed E-state index contributed by atoms with van der Waals surface area (Å²) in [5.74, 6) is 1.74. The van der Waals surface area contributed by atoms with Gasteiger partial charge in [-0.25, -0.2) is 15.0 Å². The van der Waals surface area contributed by atoms with E-state index in [0.717, 1.165) is 60.3 Å². The van der Waals surface area contributed by atoms with Crippen molar-refractivity contribution in [3.8, 4) is 45.3 Å². The molecular formula is C40H24N4O. The Hall–Kier alpha value is -6.20. The van der Waals surface area contributed by atoms with Gasteiger partial charge in [-0.1, -0.05) is 115 Å². The van der Waals surface area contributed by atoms with Gasteiger partial charge in [0.25, 0.3) is 0 Å². The highest BCUT2D eigenvalue weighted by molar-refractivity contribution is 6.14. The minimum absolute atomic E-state index is 0.546. The van der Waals surface area contributed by atoms with Gasteiger partial charge in [0.05, 0.1) is 6.20 Å². The van der Waals surface area contributed by atoms with E-state index >= 15 is 0 Å². The summed E-state index contributed by atoms with van der Waals surface area (Å²) in [6, 6.07) is 45.9. The van der Waals surface area contributed by atoms with E-state index in [1.54, 1.807) is 6.20 Å². The molecule has 0 fully saturated rings. The molecule has 0 aliphatic carbocycles. The first-order valence-corrected chi connectivity index (χ1v) is 14.9. The Bertz CT molecular complexity index is 2540. The van der Waals surface area contributed by atoms with E-state index in [2.05, 4.69) is 102 Å². The summed E-state index contributed by atoms with van der Waals surface area (Å²) in [7, 11) is 0. The lowest BCUT2D eigenvalue weighted by atomic mass is 10.0. The number of furan rings is 1. The lowest BCUT2D eigenvalue weighted by Gasteiger charge is -2.10. The predicted octanol–water partition coefficient (Wildman–Crippen LogP) is 10.1. The van der Waals surface area contributed by atoms with Crippen LogP contribution in [0.25, 0.3) is 88.8 Å². The van der Waals surface area contributed by atoms with Gasteiger partial charge in [0, 0.05) is 33.7 Å². The molecule has 0 saturated heterocycles. The van der Waals surface area contributed by atoms with Crippen LogP contribution in [-0.2, 0) is 0 Å². The molecular weight excluding hydrogens is 552 g/mol. The quantitative estimate of drug-likeness (QED) is 0.209. The number of nitrogens with zero attached hydrogens (tertiary/aromatic N) is 4. The Morgan fingerprint density at radius 2 is 0.978 bits per heavy atom. The average Bonchev–Trinajstić information content (AvgIpc) is 3.48. The van der Waals surface area contributed by atoms with Crippen molar-refractivity contribution in [2.75, 3.05) is 0 Å². The standard InChI is InChI=1S/C40H24N4O/c1-2-8-25(9-3-1)27-14-17-28(18-15-27)38-42-39(32-19-16-26-10-4-5-11-29(26)20-32)44-40(43-38)34-23-41-24-36-37(34)33-21-30-12-6-7-13-31(30)22-35(33)45-36/h1-24H. The molecule has 0 N–H and O–H groups in total. The molecule has 45 heavy (non-hydrogen) atoms. The van der Waals surface area contributed by atoms with Crippen molar-refractivity contribution in [2.45, 2.75) is 0 Å². The summed E-state index contributed by atoms with van der Waals surface area (Å²) in [5, 5.41) is 6.50. The van der Waals surface area contributed by atoms with Crippen molar-refractivity contribution >= 4 is 43.5 Å². The minimum atomic E-state index is 0.546. The average molecular weight is 577 g/mol. The molecule has 0 aliphatic rings. The fourth-order valence-electron chi connectivity index (χ4n) is 6.11. The van der Waals surface area contributed by atoms with Crippen molar-refractivity contribution in [2.24, 2.45) is 0 Å². The molecule has 0 atom stereocenters. The molecule has 210 valence electrons. The summed E-state index contributed by atoms with van der Waals surface area (Å²) >= 11 is 0. The Morgan fingerprint density at radius 1 is 0.400 bits per heavy atom. The van der Waals surface area contributed by atoms with Crippen LogP contribution in [0, 0.1) is 0 Å². The van der Waals surface area contributed by atoms with Crippen molar-refractivity contribution in [1.29, 1.82) is 0 Å². The topological polar surface area (TPSA) is 64.7 Å². The van der Waals surface area contributed by atoms with Crippen LogP contribution in [0.5, 0.6) is 0 Å². The molecule has 0 bridgehead atoms. The number of hydrogen-bond donors (Lipinski definition) is 0. The van der Waals surface area contributed by atoms with Crippen LogP contribution >= 0.6 is 0 Å². The number of rotatable bonds is 4. The van der Waals surface area contributed by atoms with Gasteiger partial charge in [-0.3, -0.25) is 4.98 Å². The lowest BCUT2D eigenvalue weighted by Crippen LogP contribution is -2.00. The molecule has 0 radical (unpaired) electrons. The maximum Gasteiger partial charge on any atom is 0.166 e. The van der Waals surface area contributed by atoms with Gasteiger partial charge in [-0.15, -0.1) is 0 Å². The van der Waals surface area contributed by atoms with Crippen LogP contribution in [0.4, 0.5) is 0 Å². The molecule has 0 unspecified atom stereocenters. The van der Waals surface area contributed by atoms with E-state index < -0.39 is 0 Å². The van der Waals surface area contributed by atoms with Gasteiger partial charge < -0.3 is 4.42 Å². The summed E-state index contributed by atoms with van der Waals surface area (Å²) in [5.41, 5.74) is 6.42. The second-order valence-electron chi connectivity index (χ2n) is 11.2. The van der Waals surface area contributed by atoms with E-state index in [9.17, 15) is 0 Å². The zero-order valence-electron chi connectivity index (χ0n) is 24.1. The van der Waals surface area contributed by atoms with Crippen molar-refractivity contribution in [1.82, 2.24) is 19.9 Å². The highest BCUT2D eigenvalue weighted by Crippen LogP contribution is 2.38. The zero-order valence-corrected chi connectivity index (χ0v) is 24.1. The first-order chi connectivity index (χ1) is 22.3. The monoisotopic (exact) mass is 576 g/mol. The lowest BCUT2D eigenvalue weighted by molar-refractivity contribution is 0.667. The van der Waals surface area contributed by atoms with Gasteiger partial charge in [-0.2, -0.15) is 0 Å². The van der Waals surface area contributed by atoms with E-state index in [0.29, 0.717) is 23.1 Å². The third-order valence-electron chi connectivity index (χ3n) is 8.38. The Kier molecular flexibility index (Phi) is 5.74.